The number of halogens is 2. The lowest BCUT2D eigenvalue weighted by molar-refractivity contribution is -0.125. The first kappa shape index (κ1) is 14.4. The number of hydrogen-bond acceptors (Lipinski definition) is 2. The molecule has 0 aliphatic heterocycles. The van der Waals surface area contributed by atoms with Gasteiger partial charge in [0.2, 0.25) is 5.91 Å². The van der Waals surface area contributed by atoms with Gasteiger partial charge in [0, 0.05) is 3.57 Å². The zero-order chi connectivity index (χ0) is 13.1. The second kappa shape index (κ2) is 5.77. The van der Waals surface area contributed by atoms with Crippen molar-refractivity contribution >= 4 is 34.2 Å². The molecule has 1 N–H and O–H groups in total. The summed E-state index contributed by atoms with van der Waals surface area (Å²) in [7, 11) is 0. The van der Waals surface area contributed by atoms with Crippen LogP contribution >= 0.6 is 22.6 Å². The van der Waals surface area contributed by atoms with Crippen LogP contribution in [0.3, 0.4) is 0 Å². The van der Waals surface area contributed by atoms with Crippen LogP contribution in [0.2, 0.25) is 0 Å². The Morgan fingerprint density at radius 1 is 1.47 bits per heavy atom. The van der Waals surface area contributed by atoms with Crippen LogP contribution in [0.1, 0.15) is 20.8 Å². The van der Waals surface area contributed by atoms with Crippen LogP contribution in [-0.2, 0) is 9.53 Å². The van der Waals surface area contributed by atoms with E-state index in [0.717, 1.165) is 0 Å². The van der Waals surface area contributed by atoms with Gasteiger partial charge in [-0.3, -0.25) is 4.79 Å². The van der Waals surface area contributed by atoms with Crippen LogP contribution in [0.15, 0.2) is 18.2 Å². The fourth-order valence-corrected chi connectivity index (χ4v) is 1.67. The van der Waals surface area contributed by atoms with E-state index in [1.807, 2.05) is 43.4 Å². The molecular weight excluding hydrogens is 336 g/mol. The fraction of sp³-hybridized carbons (Fsp3) is 0.417. The predicted octanol–water partition coefficient (Wildman–Crippen LogP) is 3.18. The van der Waals surface area contributed by atoms with Crippen LogP contribution < -0.4 is 5.32 Å². The van der Waals surface area contributed by atoms with Crippen molar-refractivity contribution in [2.24, 2.45) is 0 Å². The van der Waals surface area contributed by atoms with Gasteiger partial charge in [-0.15, -0.1) is 0 Å². The SMILES string of the molecule is CC(C)(C)OCC(=O)Nc1ccc(F)cc1I. The summed E-state index contributed by atoms with van der Waals surface area (Å²) in [6.07, 6.45) is 0. The molecule has 0 atom stereocenters. The fourth-order valence-electron chi connectivity index (χ4n) is 1.06. The predicted molar refractivity (Wildman–Crippen MR) is 73.5 cm³/mol. The first-order chi connectivity index (χ1) is 7.78. The summed E-state index contributed by atoms with van der Waals surface area (Å²) in [6.45, 7) is 5.61. The highest BCUT2D eigenvalue weighted by molar-refractivity contribution is 14.1. The molecule has 1 aromatic rings. The number of nitrogens with one attached hydrogen (secondary N) is 1. The highest BCUT2D eigenvalue weighted by Gasteiger charge is 2.13. The van der Waals surface area contributed by atoms with E-state index < -0.39 is 0 Å². The van der Waals surface area contributed by atoms with Crippen LogP contribution in [0, 0.1) is 9.39 Å². The normalized spacial score (nSPS) is 11.4. The summed E-state index contributed by atoms with van der Waals surface area (Å²) < 4.78 is 18.8. The van der Waals surface area contributed by atoms with Gasteiger partial charge in [-0.1, -0.05) is 0 Å². The molecule has 5 heteroatoms. The average molecular weight is 351 g/mol. The average Bonchev–Trinajstić information content (AvgIpc) is 2.18. The lowest BCUT2D eigenvalue weighted by Crippen LogP contribution is -2.27. The molecule has 17 heavy (non-hydrogen) atoms. The summed E-state index contributed by atoms with van der Waals surface area (Å²) in [5, 5.41) is 2.67. The zero-order valence-electron chi connectivity index (χ0n) is 10.0. The maximum Gasteiger partial charge on any atom is 0.250 e. The molecule has 3 nitrogen and oxygen atoms in total. The summed E-state index contributed by atoms with van der Waals surface area (Å²) in [5.74, 6) is -0.567. The molecule has 0 unspecified atom stereocenters. The zero-order valence-corrected chi connectivity index (χ0v) is 12.2. The van der Waals surface area contributed by atoms with E-state index in [0.29, 0.717) is 9.26 Å². The monoisotopic (exact) mass is 351 g/mol. The molecule has 0 saturated carbocycles. The van der Waals surface area contributed by atoms with Gasteiger partial charge in [0.15, 0.2) is 0 Å². The van der Waals surface area contributed by atoms with Crippen LogP contribution in [-0.4, -0.2) is 18.1 Å². The Balaban J connectivity index is 2.57. The molecule has 1 aromatic carbocycles. The molecule has 0 aliphatic carbocycles. The van der Waals surface area contributed by atoms with Gasteiger partial charge in [-0.2, -0.15) is 0 Å². The first-order valence-electron chi connectivity index (χ1n) is 5.17. The van der Waals surface area contributed by atoms with E-state index in [1.165, 1.54) is 18.2 Å². The smallest absolute Gasteiger partial charge is 0.250 e. The van der Waals surface area contributed by atoms with Crippen molar-refractivity contribution in [3.63, 3.8) is 0 Å². The Morgan fingerprint density at radius 2 is 2.12 bits per heavy atom. The van der Waals surface area contributed by atoms with Crippen molar-refractivity contribution in [2.75, 3.05) is 11.9 Å². The number of amides is 1. The third-order valence-electron chi connectivity index (χ3n) is 1.84. The largest absolute Gasteiger partial charge is 0.366 e. The molecule has 0 bridgehead atoms. The minimum atomic E-state index is -0.354. The van der Waals surface area contributed by atoms with Crippen molar-refractivity contribution in [1.29, 1.82) is 0 Å². The Hall–Kier alpha value is -0.690. The number of rotatable bonds is 3. The van der Waals surface area contributed by atoms with E-state index in [4.69, 9.17) is 4.74 Å². The quantitative estimate of drug-likeness (QED) is 0.850. The van der Waals surface area contributed by atoms with Crippen molar-refractivity contribution in [3.8, 4) is 0 Å². The molecule has 0 saturated heterocycles. The number of ether oxygens (including phenoxy) is 1. The van der Waals surface area contributed by atoms with Gasteiger partial charge in [-0.25, -0.2) is 4.39 Å². The molecule has 0 spiro atoms. The Morgan fingerprint density at radius 3 is 2.65 bits per heavy atom. The van der Waals surface area contributed by atoms with E-state index in [2.05, 4.69) is 5.32 Å². The number of hydrogen-bond donors (Lipinski definition) is 1. The number of carbonyl (C=O) groups is 1. The third-order valence-corrected chi connectivity index (χ3v) is 2.73. The highest BCUT2D eigenvalue weighted by Crippen LogP contribution is 2.19. The second-order valence-electron chi connectivity index (χ2n) is 4.57. The summed E-state index contributed by atoms with van der Waals surface area (Å²) in [4.78, 5) is 11.6. The van der Waals surface area contributed by atoms with E-state index >= 15 is 0 Å². The van der Waals surface area contributed by atoms with Gasteiger partial charge in [0.05, 0.1) is 11.3 Å². The Labute approximate surface area is 114 Å². The number of anilines is 1. The van der Waals surface area contributed by atoms with Gasteiger partial charge >= 0.3 is 0 Å². The van der Waals surface area contributed by atoms with Gasteiger partial charge in [0.1, 0.15) is 12.4 Å². The lowest BCUT2D eigenvalue weighted by atomic mass is 10.2. The topological polar surface area (TPSA) is 38.3 Å². The van der Waals surface area contributed by atoms with Crippen molar-refractivity contribution in [2.45, 2.75) is 26.4 Å². The second-order valence-corrected chi connectivity index (χ2v) is 5.74. The Bertz CT molecular complexity index is 415. The van der Waals surface area contributed by atoms with Crippen LogP contribution in [0.5, 0.6) is 0 Å². The number of benzene rings is 1. The first-order valence-corrected chi connectivity index (χ1v) is 6.25. The van der Waals surface area contributed by atoms with Gasteiger partial charge in [-0.05, 0) is 61.6 Å². The summed E-state index contributed by atoms with van der Waals surface area (Å²) >= 11 is 1.97. The standard InChI is InChI=1S/C12H15FINO2/c1-12(2,3)17-7-11(16)15-10-5-4-8(13)6-9(10)14/h4-6H,7H2,1-3H3,(H,15,16). The van der Waals surface area contributed by atoms with Crippen LogP contribution in [0.25, 0.3) is 0 Å². The van der Waals surface area contributed by atoms with E-state index in [-0.39, 0.29) is 23.9 Å². The summed E-state index contributed by atoms with van der Waals surface area (Å²) in [5.41, 5.74) is 0.238. The molecule has 1 amide bonds. The highest BCUT2D eigenvalue weighted by atomic mass is 127. The number of carbonyl (C=O) groups excluding carboxylic acids is 1. The van der Waals surface area contributed by atoms with Gasteiger partial charge in [0.25, 0.3) is 0 Å². The lowest BCUT2D eigenvalue weighted by Gasteiger charge is -2.19. The summed E-state index contributed by atoms with van der Waals surface area (Å²) in [6, 6.07) is 4.20. The molecule has 1 rings (SSSR count). The van der Waals surface area contributed by atoms with Crippen LogP contribution in [0.4, 0.5) is 10.1 Å². The van der Waals surface area contributed by atoms with Crippen molar-refractivity contribution in [1.82, 2.24) is 0 Å². The Kier molecular flexibility index (Phi) is 4.88. The molecular formula is C12H15FINO2. The minimum Gasteiger partial charge on any atom is -0.366 e. The molecule has 0 aliphatic rings. The molecule has 0 heterocycles. The molecule has 0 aromatic heterocycles. The third kappa shape index (κ3) is 5.45. The van der Waals surface area contributed by atoms with Gasteiger partial charge < -0.3 is 10.1 Å². The molecule has 94 valence electrons. The minimum absolute atomic E-state index is 0.0169. The maximum absolute atomic E-state index is 12.8. The van der Waals surface area contributed by atoms with Crippen molar-refractivity contribution < 1.29 is 13.9 Å². The maximum atomic E-state index is 12.8. The van der Waals surface area contributed by atoms with Crippen molar-refractivity contribution in [3.05, 3.63) is 27.6 Å². The molecule has 0 fully saturated rings. The van der Waals surface area contributed by atoms with E-state index in [9.17, 15) is 9.18 Å². The van der Waals surface area contributed by atoms with E-state index in [1.54, 1.807) is 0 Å². The molecule has 0 radical (unpaired) electrons.